The van der Waals surface area contributed by atoms with Crippen LogP contribution in [0.2, 0.25) is 0 Å². The highest BCUT2D eigenvalue weighted by Gasteiger charge is 2.39. The summed E-state index contributed by atoms with van der Waals surface area (Å²) < 4.78 is 16.1. The second-order valence-electron chi connectivity index (χ2n) is 6.29. The van der Waals surface area contributed by atoms with E-state index in [1.165, 1.54) is 25.7 Å². The molecule has 0 amide bonds. The minimum absolute atomic E-state index is 0.510. The van der Waals surface area contributed by atoms with Crippen LogP contribution in [0.5, 0.6) is 17.2 Å². The Balaban J connectivity index is 1.68. The van der Waals surface area contributed by atoms with Crippen molar-refractivity contribution in [1.29, 1.82) is 0 Å². The highest BCUT2D eigenvalue weighted by Crippen LogP contribution is 2.44. The van der Waals surface area contributed by atoms with E-state index in [9.17, 15) is 0 Å². The molecule has 2 aliphatic rings. The molecule has 0 aromatic heterocycles. The number of nitrogens with one attached hydrogen (secondary N) is 2. The lowest BCUT2D eigenvalue weighted by Gasteiger charge is -2.24. The highest BCUT2D eigenvalue weighted by molar-refractivity contribution is 7.80. The van der Waals surface area contributed by atoms with Gasteiger partial charge in [0, 0.05) is 23.9 Å². The van der Waals surface area contributed by atoms with Gasteiger partial charge in [0.2, 0.25) is 5.75 Å². The van der Waals surface area contributed by atoms with E-state index in [4.69, 9.17) is 26.4 Å². The molecule has 5 nitrogen and oxygen atoms in total. The van der Waals surface area contributed by atoms with Crippen LogP contribution in [0.4, 0.5) is 5.69 Å². The molecule has 2 bridgehead atoms. The van der Waals surface area contributed by atoms with Crippen LogP contribution in [0, 0.1) is 11.8 Å². The topological polar surface area (TPSA) is 51.8 Å². The van der Waals surface area contributed by atoms with E-state index in [-0.39, 0.29) is 0 Å². The van der Waals surface area contributed by atoms with Crippen molar-refractivity contribution in [3.05, 3.63) is 12.1 Å². The first-order chi connectivity index (χ1) is 11.1. The first-order valence-electron chi connectivity index (χ1n) is 8.02. The summed E-state index contributed by atoms with van der Waals surface area (Å²) in [5.41, 5.74) is 0.820. The number of ether oxygens (including phenoxy) is 3. The van der Waals surface area contributed by atoms with Crippen molar-refractivity contribution in [2.45, 2.75) is 31.7 Å². The molecule has 1 aromatic rings. The third-order valence-electron chi connectivity index (χ3n) is 4.98. The maximum Gasteiger partial charge on any atom is 0.203 e. The van der Waals surface area contributed by atoms with Gasteiger partial charge in [0.15, 0.2) is 16.6 Å². The fourth-order valence-electron chi connectivity index (χ4n) is 3.91. The summed E-state index contributed by atoms with van der Waals surface area (Å²) in [6.45, 7) is 0. The number of benzene rings is 1. The first kappa shape index (κ1) is 16.2. The molecule has 0 saturated heterocycles. The number of methoxy groups -OCH3 is 3. The lowest BCUT2D eigenvalue weighted by molar-refractivity contribution is 0.324. The molecule has 6 heteroatoms. The zero-order chi connectivity index (χ0) is 16.4. The van der Waals surface area contributed by atoms with Crippen LogP contribution in [0.25, 0.3) is 0 Å². The molecule has 0 unspecified atom stereocenters. The van der Waals surface area contributed by atoms with Crippen molar-refractivity contribution in [2.75, 3.05) is 26.6 Å². The molecule has 2 saturated carbocycles. The molecular weight excluding hydrogens is 312 g/mol. The van der Waals surface area contributed by atoms with Gasteiger partial charge in [0.25, 0.3) is 0 Å². The summed E-state index contributed by atoms with van der Waals surface area (Å²) in [5, 5.41) is 7.35. The van der Waals surface area contributed by atoms with Crippen LogP contribution in [0.1, 0.15) is 25.7 Å². The summed E-state index contributed by atoms with van der Waals surface area (Å²) in [5.74, 6) is 3.46. The van der Waals surface area contributed by atoms with Crippen molar-refractivity contribution in [3.63, 3.8) is 0 Å². The number of rotatable bonds is 5. The van der Waals surface area contributed by atoms with Gasteiger partial charge < -0.3 is 24.8 Å². The normalized spacial score (nSPS) is 25.1. The van der Waals surface area contributed by atoms with Crippen molar-refractivity contribution in [2.24, 2.45) is 11.8 Å². The standard InChI is InChI=1S/C17H24N2O3S/c1-20-14-8-12(9-15(21-2)16(14)22-3)18-17(23)19-13-7-10-4-5-11(13)6-10/h8-11,13H,4-7H2,1-3H3,(H2,18,19,23)/t10-,11+,13-/m0/s1. The van der Waals surface area contributed by atoms with E-state index in [0.717, 1.165) is 17.5 Å². The Kier molecular flexibility index (Phi) is 4.80. The van der Waals surface area contributed by atoms with Crippen LogP contribution in [-0.2, 0) is 0 Å². The maximum absolute atomic E-state index is 5.47. The Morgan fingerprint density at radius 2 is 1.74 bits per heavy atom. The van der Waals surface area contributed by atoms with Gasteiger partial charge in [0.1, 0.15) is 0 Å². The van der Waals surface area contributed by atoms with E-state index in [1.807, 2.05) is 12.1 Å². The first-order valence-corrected chi connectivity index (χ1v) is 8.43. The summed E-state index contributed by atoms with van der Waals surface area (Å²) in [6.07, 6.45) is 5.30. The molecular formula is C17H24N2O3S. The molecule has 2 aliphatic carbocycles. The van der Waals surface area contributed by atoms with Crippen molar-refractivity contribution < 1.29 is 14.2 Å². The molecule has 23 heavy (non-hydrogen) atoms. The Hall–Kier alpha value is -1.69. The van der Waals surface area contributed by atoms with Crippen LogP contribution in [-0.4, -0.2) is 32.5 Å². The predicted octanol–water partition coefficient (Wildman–Crippen LogP) is 3.19. The SMILES string of the molecule is COc1cc(NC(=S)N[C@H]2C[C@H]3CC[C@@H]2C3)cc(OC)c1OC. The summed E-state index contributed by atoms with van der Waals surface area (Å²) in [7, 11) is 4.80. The van der Waals surface area contributed by atoms with Crippen molar-refractivity contribution in [3.8, 4) is 17.2 Å². The quantitative estimate of drug-likeness (QED) is 0.806. The number of thiocarbonyl (C=S) groups is 1. The average Bonchev–Trinajstić information content (AvgIpc) is 3.16. The van der Waals surface area contributed by atoms with E-state index >= 15 is 0 Å². The smallest absolute Gasteiger partial charge is 0.203 e. The van der Waals surface area contributed by atoms with Crippen LogP contribution in [0.15, 0.2) is 12.1 Å². The van der Waals surface area contributed by atoms with Crippen molar-refractivity contribution in [1.82, 2.24) is 5.32 Å². The third-order valence-corrected chi connectivity index (χ3v) is 5.20. The monoisotopic (exact) mass is 336 g/mol. The van der Waals surface area contributed by atoms with Crippen molar-refractivity contribution >= 4 is 23.0 Å². The molecule has 3 atom stereocenters. The predicted molar refractivity (Wildman–Crippen MR) is 94.7 cm³/mol. The Morgan fingerprint density at radius 1 is 1.04 bits per heavy atom. The van der Waals surface area contributed by atoms with Crippen LogP contribution < -0.4 is 24.8 Å². The van der Waals surface area contributed by atoms with E-state index < -0.39 is 0 Å². The van der Waals surface area contributed by atoms with E-state index in [0.29, 0.717) is 28.4 Å². The highest BCUT2D eigenvalue weighted by atomic mass is 32.1. The van der Waals surface area contributed by atoms with Gasteiger partial charge in [-0.2, -0.15) is 0 Å². The Morgan fingerprint density at radius 3 is 2.22 bits per heavy atom. The van der Waals surface area contributed by atoms with Gasteiger partial charge in [-0.3, -0.25) is 0 Å². The minimum Gasteiger partial charge on any atom is -0.493 e. The molecule has 0 heterocycles. The molecule has 0 radical (unpaired) electrons. The molecule has 1 aromatic carbocycles. The van der Waals surface area contributed by atoms with E-state index in [1.54, 1.807) is 21.3 Å². The number of hydrogen-bond donors (Lipinski definition) is 2. The minimum atomic E-state index is 0.510. The van der Waals surface area contributed by atoms with Crippen LogP contribution in [0.3, 0.4) is 0 Å². The summed E-state index contributed by atoms with van der Waals surface area (Å²) >= 11 is 5.47. The second-order valence-corrected chi connectivity index (χ2v) is 6.70. The van der Waals surface area contributed by atoms with E-state index in [2.05, 4.69) is 10.6 Å². The van der Waals surface area contributed by atoms with Gasteiger partial charge in [0.05, 0.1) is 21.3 Å². The Bertz CT molecular complexity index is 568. The summed E-state index contributed by atoms with van der Waals surface area (Å²) in [4.78, 5) is 0. The maximum atomic E-state index is 5.47. The molecule has 0 aliphatic heterocycles. The second kappa shape index (κ2) is 6.83. The van der Waals surface area contributed by atoms with Crippen LogP contribution >= 0.6 is 12.2 Å². The largest absolute Gasteiger partial charge is 0.493 e. The number of anilines is 1. The molecule has 2 fully saturated rings. The lowest BCUT2D eigenvalue weighted by atomic mass is 9.96. The zero-order valence-corrected chi connectivity index (χ0v) is 14.7. The Labute approximate surface area is 142 Å². The number of fused-ring (bicyclic) bond motifs is 2. The lowest BCUT2D eigenvalue weighted by Crippen LogP contribution is -2.40. The molecule has 126 valence electrons. The van der Waals surface area contributed by atoms with Gasteiger partial charge >= 0.3 is 0 Å². The third kappa shape index (κ3) is 3.32. The van der Waals surface area contributed by atoms with Gasteiger partial charge in [-0.25, -0.2) is 0 Å². The summed E-state index contributed by atoms with van der Waals surface area (Å²) in [6, 6.07) is 4.22. The fourth-order valence-corrected chi connectivity index (χ4v) is 4.18. The molecule has 3 rings (SSSR count). The molecule has 0 spiro atoms. The number of hydrogen-bond acceptors (Lipinski definition) is 4. The zero-order valence-electron chi connectivity index (χ0n) is 13.8. The molecule has 2 N–H and O–H groups in total. The van der Waals surface area contributed by atoms with Gasteiger partial charge in [-0.05, 0) is 43.3 Å². The van der Waals surface area contributed by atoms with Gasteiger partial charge in [-0.15, -0.1) is 0 Å². The average molecular weight is 336 g/mol. The van der Waals surface area contributed by atoms with Gasteiger partial charge in [-0.1, -0.05) is 6.42 Å². The fraction of sp³-hybridized carbons (Fsp3) is 0.588.